The smallest absolute Gasteiger partial charge is 0.181 e. The van der Waals surface area contributed by atoms with Crippen molar-refractivity contribution in [3.63, 3.8) is 0 Å². The Balaban J connectivity index is 2.26. The van der Waals surface area contributed by atoms with Crippen LogP contribution in [0.25, 0.3) is 5.57 Å². The molecular weight excluding hydrogens is 284 g/mol. The molecule has 23 heavy (non-hydrogen) atoms. The highest BCUT2D eigenvalue weighted by Gasteiger charge is 2.14. The van der Waals surface area contributed by atoms with Crippen molar-refractivity contribution < 1.29 is 9.90 Å². The predicted octanol–water partition coefficient (Wildman–Crippen LogP) is 4.59. The number of phenolic OH excluding ortho intramolecular Hbond substituents is 1. The standard InChI is InChI=1S/C21H18O2/c1-14-12-17(8-10-19(14)22)21(16-6-4-3-5-7-16)18-9-11-20(23)15(2)13-18/h3-13,22H,1-2H3/b21-18+. The zero-order valence-corrected chi connectivity index (χ0v) is 13.2. The van der Waals surface area contributed by atoms with E-state index in [2.05, 4.69) is 12.1 Å². The highest BCUT2D eigenvalue weighted by molar-refractivity contribution is 6.07. The lowest BCUT2D eigenvalue weighted by Gasteiger charge is -2.15. The Morgan fingerprint density at radius 1 is 0.913 bits per heavy atom. The van der Waals surface area contributed by atoms with Gasteiger partial charge in [0.2, 0.25) is 0 Å². The first-order valence-electron chi connectivity index (χ1n) is 7.56. The van der Waals surface area contributed by atoms with Crippen molar-refractivity contribution in [2.75, 3.05) is 0 Å². The Morgan fingerprint density at radius 2 is 1.65 bits per heavy atom. The molecule has 0 amide bonds. The van der Waals surface area contributed by atoms with Gasteiger partial charge in [-0.3, -0.25) is 4.79 Å². The largest absolute Gasteiger partial charge is 0.508 e. The van der Waals surface area contributed by atoms with Crippen molar-refractivity contribution in [2.45, 2.75) is 13.8 Å². The summed E-state index contributed by atoms with van der Waals surface area (Å²) in [4.78, 5) is 11.7. The molecule has 3 rings (SSSR count). The van der Waals surface area contributed by atoms with E-state index in [1.165, 1.54) is 0 Å². The third kappa shape index (κ3) is 3.02. The summed E-state index contributed by atoms with van der Waals surface area (Å²) in [6, 6.07) is 15.7. The third-order valence-electron chi connectivity index (χ3n) is 4.01. The first kappa shape index (κ1) is 15.0. The van der Waals surface area contributed by atoms with Gasteiger partial charge >= 0.3 is 0 Å². The average Bonchev–Trinajstić information content (AvgIpc) is 2.55. The lowest BCUT2D eigenvalue weighted by atomic mass is 9.89. The molecule has 0 heterocycles. The highest BCUT2D eigenvalue weighted by atomic mass is 16.3. The maximum atomic E-state index is 11.7. The van der Waals surface area contributed by atoms with E-state index in [-0.39, 0.29) is 11.5 Å². The predicted molar refractivity (Wildman–Crippen MR) is 93.2 cm³/mol. The Bertz CT molecular complexity index is 853. The van der Waals surface area contributed by atoms with E-state index in [0.717, 1.165) is 33.4 Å². The van der Waals surface area contributed by atoms with Gasteiger partial charge in [0, 0.05) is 0 Å². The van der Waals surface area contributed by atoms with Gasteiger partial charge < -0.3 is 5.11 Å². The first-order chi connectivity index (χ1) is 11.1. The number of aromatic hydroxyl groups is 1. The second-order valence-corrected chi connectivity index (χ2v) is 5.72. The molecule has 0 atom stereocenters. The summed E-state index contributed by atoms with van der Waals surface area (Å²) >= 11 is 0. The minimum Gasteiger partial charge on any atom is -0.508 e. The third-order valence-corrected chi connectivity index (χ3v) is 4.01. The zero-order valence-electron chi connectivity index (χ0n) is 13.2. The maximum Gasteiger partial charge on any atom is 0.181 e. The summed E-state index contributed by atoms with van der Waals surface area (Å²) in [7, 11) is 0. The summed E-state index contributed by atoms with van der Waals surface area (Å²) in [5.41, 5.74) is 5.70. The molecule has 1 N–H and O–H groups in total. The van der Waals surface area contributed by atoms with E-state index in [9.17, 15) is 9.90 Å². The van der Waals surface area contributed by atoms with Crippen LogP contribution in [0.2, 0.25) is 0 Å². The Hall–Kier alpha value is -2.87. The van der Waals surface area contributed by atoms with Gasteiger partial charge in [0.15, 0.2) is 5.78 Å². The van der Waals surface area contributed by atoms with Crippen molar-refractivity contribution in [2.24, 2.45) is 0 Å². The molecule has 0 fully saturated rings. The molecule has 0 saturated carbocycles. The van der Waals surface area contributed by atoms with E-state index < -0.39 is 0 Å². The Labute approximate surface area is 136 Å². The molecule has 114 valence electrons. The number of aryl methyl sites for hydroxylation is 1. The second-order valence-electron chi connectivity index (χ2n) is 5.72. The van der Waals surface area contributed by atoms with E-state index in [1.54, 1.807) is 12.1 Å². The fraction of sp³-hybridized carbons (Fsp3) is 0.0952. The number of hydrogen-bond donors (Lipinski definition) is 1. The fourth-order valence-electron chi connectivity index (χ4n) is 2.72. The van der Waals surface area contributed by atoms with Crippen molar-refractivity contribution in [3.8, 4) is 5.75 Å². The van der Waals surface area contributed by atoms with Crippen LogP contribution in [0.1, 0.15) is 23.6 Å². The van der Waals surface area contributed by atoms with Crippen LogP contribution in [0.4, 0.5) is 0 Å². The number of rotatable bonds is 2. The van der Waals surface area contributed by atoms with Gasteiger partial charge in [0.25, 0.3) is 0 Å². The lowest BCUT2D eigenvalue weighted by Crippen LogP contribution is -2.02. The average molecular weight is 302 g/mol. The maximum absolute atomic E-state index is 11.7. The van der Waals surface area contributed by atoms with Crippen molar-refractivity contribution in [1.29, 1.82) is 0 Å². The molecule has 0 unspecified atom stereocenters. The topological polar surface area (TPSA) is 37.3 Å². The molecule has 1 aliphatic carbocycles. The quantitative estimate of drug-likeness (QED) is 0.881. The molecule has 0 aromatic heterocycles. The van der Waals surface area contributed by atoms with Gasteiger partial charge in [-0.15, -0.1) is 0 Å². The minimum atomic E-state index is 0.0445. The lowest BCUT2D eigenvalue weighted by molar-refractivity contribution is -0.111. The van der Waals surface area contributed by atoms with Crippen molar-refractivity contribution in [1.82, 2.24) is 0 Å². The van der Waals surface area contributed by atoms with Crippen LogP contribution in [0.15, 0.2) is 77.9 Å². The van der Waals surface area contributed by atoms with Crippen molar-refractivity contribution in [3.05, 3.63) is 94.6 Å². The molecule has 2 aromatic carbocycles. The number of ketones is 1. The van der Waals surface area contributed by atoms with Crippen LogP contribution in [-0.2, 0) is 4.79 Å². The summed E-state index contributed by atoms with van der Waals surface area (Å²) in [5, 5.41) is 9.80. The molecule has 0 bridgehead atoms. The van der Waals surface area contributed by atoms with E-state index in [4.69, 9.17) is 0 Å². The van der Waals surface area contributed by atoms with Crippen LogP contribution >= 0.6 is 0 Å². The van der Waals surface area contributed by atoms with Crippen LogP contribution < -0.4 is 0 Å². The zero-order chi connectivity index (χ0) is 16.4. The SMILES string of the molecule is CC1=C/C(=C(\c2ccccc2)c2ccc(O)c(C)c2)C=CC1=O. The molecular formula is C21H18O2. The number of carbonyl (C=O) groups is 1. The highest BCUT2D eigenvalue weighted by Crippen LogP contribution is 2.32. The molecule has 0 spiro atoms. The van der Waals surface area contributed by atoms with Crippen LogP contribution in [0, 0.1) is 6.92 Å². The van der Waals surface area contributed by atoms with Crippen LogP contribution in [0.5, 0.6) is 5.75 Å². The number of benzene rings is 2. The van der Waals surface area contributed by atoms with Gasteiger partial charge in [0.05, 0.1) is 0 Å². The van der Waals surface area contributed by atoms with Gasteiger partial charge in [0.1, 0.15) is 5.75 Å². The van der Waals surface area contributed by atoms with Gasteiger partial charge in [-0.25, -0.2) is 0 Å². The van der Waals surface area contributed by atoms with Crippen LogP contribution in [-0.4, -0.2) is 10.9 Å². The van der Waals surface area contributed by atoms with Gasteiger partial charge in [-0.1, -0.05) is 42.5 Å². The summed E-state index contributed by atoms with van der Waals surface area (Å²) in [5.74, 6) is 0.329. The Kier molecular flexibility index (Phi) is 3.98. The van der Waals surface area contributed by atoms with E-state index in [0.29, 0.717) is 0 Å². The molecule has 0 aliphatic heterocycles. The first-order valence-corrected chi connectivity index (χ1v) is 7.56. The van der Waals surface area contributed by atoms with Crippen LogP contribution in [0.3, 0.4) is 0 Å². The molecule has 2 heteroatoms. The van der Waals surface area contributed by atoms with Gasteiger partial charge in [-0.05, 0) is 71.5 Å². The number of allylic oxidation sites excluding steroid dienone is 5. The van der Waals surface area contributed by atoms with Crippen molar-refractivity contribution >= 4 is 11.4 Å². The molecule has 0 saturated heterocycles. The number of phenols is 1. The molecule has 1 aliphatic rings. The minimum absolute atomic E-state index is 0.0445. The molecule has 2 nitrogen and oxygen atoms in total. The fourth-order valence-corrected chi connectivity index (χ4v) is 2.72. The number of hydrogen-bond acceptors (Lipinski definition) is 2. The van der Waals surface area contributed by atoms with Gasteiger partial charge in [-0.2, -0.15) is 0 Å². The molecule has 2 aromatic rings. The summed E-state index contributed by atoms with van der Waals surface area (Å²) in [6.07, 6.45) is 5.40. The summed E-state index contributed by atoms with van der Waals surface area (Å²) in [6.45, 7) is 3.71. The second kappa shape index (κ2) is 6.09. The normalized spacial score (nSPS) is 16.3. The van der Waals surface area contributed by atoms with E-state index >= 15 is 0 Å². The Morgan fingerprint density at radius 3 is 2.30 bits per heavy atom. The van der Waals surface area contributed by atoms with E-state index in [1.807, 2.05) is 56.3 Å². The monoisotopic (exact) mass is 302 g/mol. The number of carbonyl (C=O) groups excluding carboxylic acids is 1. The molecule has 0 radical (unpaired) electrons. The summed E-state index contributed by atoms with van der Waals surface area (Å²) < 4.78 is 0.